The molecule has 0 unspecified atom stereocenters. The van der Waals surface area contributed by atoms with Crippen LogP contribution in [0, 0.1) is 0 Å². The van der Waals surface area contributed by atoms with Crippen LogP contribution < -0.4 is 14.8 Å². The van der Waals surface area contributed by atoms with Crippen molar-refractivity contribution in [3.63, 3.8) is 0 Å². The predicted octanol–water partition coefficient (Wildman–Crippen LogP) is 7.86. The Balaban J connectivity index is 0.945. The van der Waals surface area contributed by atoms with Crippen LogP contribution in [-0.2, 0) is 19.8 Å². The molecule has 0 spiro atoms. The number of carbonyl (C=O) groups is 1. The number of ether oxygens (including phenoxy) is 5. The van der Waals surface area contributed by atoms with Crippen molar-refractivity contribution in [2.24, 2.45) is 0 Å². The summed E-state index contributed by atoms with van der Waals surface area (Å²) in [6, 6.07) is 41.8. The monoisotopic (exact) mass is 775 g/mol. The Labute approximate surface area is 335 Å². The van der Waals surface area contributed by atoms with Crippen molar-refractivity contribution in [1.29, 1.82) is 0 Å². The maximum atomic E-state index is 13.2. The number of hydrogen-bond acceptors (Lipinski definition) is 10. The zero-order valence-electron chi connectivity index (χ0n) is 31.9. The Morgan fingerprint density at radius 1 is 0.793 bits per heavy atom. The summed E-state index contributed by atoms with van der Waals surface area (Å²) in [5.41, 5.74) is 6.55. The molecule has 3 heterocycles. The van der Waals surface area contributed by atoms with E-state index < -0.39 is 30.1 Å². The summed E-state index contributed by atoms with van der Waals surface area (Å²) in [4.78, 5) is 26.6. The van der Waals surface area contributed by atoms with Crippen LogP contribution in [0.25, 0.3) is 22.3 Å². The molecule has 2 N–H and O–H groups in total. The summed E-state index contributed by atoms with van der Waals surface area (Å²) < 4.78 is 32.8. The Hall–Kier alpha value is -6.60. The highest BCUT2D eigenvalue weighted by Gasteiger charge is 2.44. The van der Waals surface area contributed by atoms with Gasteiger partial charge in [0.1, 0.15) is 30.9 Å². The summed E-state index contributed by atoms with van der Waals surface area (Å²) >= 11 is 0. The quantitative estimate of drug-likeness (QED) is 0.118. The fourth-order valence-electron chi connectivity index (χ4n) is 8.36. The molecule has 9 rings (SSSR count). The number of aliphatic hydroxyl groups is 1. The summed E-state index contributed by atoms with van der Waals surface area (Å²) in [7, 11) is 3.21. The van der Waals surface area contributed by atoms with Gasteiger partial charge in [-0.05, 0) is 39.4 Å². The van der Waals surface area contributed by atoms with E-state index in [0.717, 1.165) is 38.9 Å². The van der Waals surface area contributed by atoms with Gasteiger partial charge in [0.25, 0.3) is 0 Å². The van der Waals surface area contributed by atoms with Crippen molar-refractivity contribution in [2.45, 2.75) is 36.4 Å². The van der Waals surface area contributed by atoms with Crippen LogP contribution >= 0.6 is 0 Å². The second-order valence-electron chi connectivity index (χ2n) is 14.2. The maximum absolute atomic E-state index is 13.2. The van der Waals surface area contributed by atoms with Gasteiger partial charge in [0.2, 0.25) is 0 Å². The van der Waals surface area contributed by atoms with Crippen LogP contribution in [0.3, 0.4) is 0 Å². The minimum atomic E-state index is -1.18. The molecule has 7 aromatic rings. The normalized spacial score (nSPS) is 17.5. The average molecular weight is 776 g/mol. The van der Waals surface area contributed by atoms with E-state index in [-0.39, 0.29) is 31.4 Å². The van der Waals surface area contributed by atoms with Gasteiger partial charge in [0.15, 0.2) is 28.5 Å². The standard InChI is InChI=1S/C46H41N5O7/c1-54-38-23-13-22-36(42(38)55-2)46(29-14-5-3-6-15-29,30-16-7-4-8-17-30)57-26-39-37(52)24-40(58-39)51-28-49-41-43(47-27-48-44(41)51)50-45(53)56-25-35-33-20-11-9-18-31(33)32-19-10-12-21-34(32)35/h3-23,27-28,35,37,39-40,52H,24-26H2,1-2H3,(H,47,48,50,53)/t37-,39+,40+/m0/s1. The molecule has 5 aromatic carbocycles. The summed E-state index contributed by atoms with van der Waals surface area (Å²) in [6.45, 7) is 0.165. The molecule has 0 saturated carbocycles. The summed E-state index contributed by atoms with van der Waals surface area (Å²) in [6.07, 6.45) is 0.244. The third-order valence-electron chi connectivity index (χ3n) is 11.0. The number of benzene rings is 5. The Kier molecular flexibility index (Phi) is 10.0. The zero-order valence-corrected chi connectivity index (χ0v) is 31.9. The molecule has 1 fully saturated rings. The van der Waals surface area contributed by atoms with E-state index >= 15 is 0 Å². The molecule has 1 aliphatic carbocycles. The van der Waals surface area contributed by atoms with Crippen LogP contribution in [-0.4, -0.2) is 70.4 Å². The van der Waals surface area contributed by atoms with Crippen molar-refractivity contribution >= 4 is 23.1 Å². The van der Waals surface area contributed by atoms with Gasteiger partial charge < -0.3 is 28.8 Å². The number of rotatable bonds is 12. The van der Waals surface area contributed by atoms with Gasteiger partial charge in [-0.3, -0.25) is 9.88 Å². The first-order valence-electron chi connectivity index (χ1n) is 19.1. The van der Waals surface area contributed by atoms with Crippen molar-refractivity contribution in [1.82, 2.24) is 19.5 Å². The molecule has 2 aliphatic rings. The number of anilines is 1. The number of imidazole rings is 1. The highest BCUT2D eigenvalue weighted by atomic mass is 16.6. The van der Waals surface area contributed by atoms with Gasteiger partial charge in [-0.15, -0.1) is 0 Å². The minimum absolute atomic E-state index is 0.0119. The minimum Gasteiger partial charge on any atom is -0.493 e. The number of amides is 1. The number of hydrogen-bond donors (Lipinski definition) is 2. The fraction of sp³-hybridized carbons (Fsp3) is 0.217. The largest absolute Gasteiger partial charge is 0.493 e. The lowest BCUT2D eigenvalue weighted by Crippen LogP contribution is -2.38. The van der Waals surface area contributed by atoms with E-state index in [1.807, 2.05) is 103 Å². The molecule has 58 heavy (non-hydrogen) atoms. The first-order valence-corrected chi connectivity index (χ1v) is 19.1. The topological polar surface area (TPSA) is 139 Å². The van der Waals surface area contributed by atoms with Crippen LogP contribution in [0.1, 0.15) is 46.4 Å². The molecule has 1 aliphatic heterocycles. The third kappa shape index (κ3) is 6.50. The second kappa shape index (κ2) is 15.7. The van der Waals surface area contributed by atoms with Crippen LogP contribution in [0.4, 0.5) is 10.6 Å². The molecule has 292 valence electrons. The summed E-state index contributed by atoms with van der Waals surface area (Å²) in [5.74, 6) is 1.19. The van der Waals surface area contributed by atoms with Crippen LogP contribution in [0.2, 0.25) is 0 Å². The number of nitrogens with zero attached hydrogens (tertiary/aromatic N) is 4. The van der Waals surface area contributed by atoms with Crippen molar-refractivity contribution in [3.05, 3.63) is 168 Å². The Bertz CT molecular complexity index is 2480. The van der Waals surface area contributed by atoms with Crippen LogP contribution in [0.15, 0.2) is 140 Å². The van der Waals surface area contributed by atoms with Gasteiger partial charge >= 0.3 is 6.09 Å². The van der Waals surface area contributed by atoms with E-state index in [1.165, 1.54) is 6.33 Å². The smallest absolute Gasteiger partial charge is 0.412 e. The van der Waals surface area contributed by atoms with Crippen LogP contribution in [0.5, 0.6) is 11.5 Å². The van der Waals surface area contributed by atoms with Gasteiger partial charge in [0, 0.05) is 17.9 Å². The first kappa shape index (κ1) is 37.0. The lowest BCUT2D eigenvalue weighted by molar-refractivity contribution is -0.0935. The molecule has 1 amide bonds. The van der Waals surface area contributed by atoms with Gasteiger partial charge in [-0.1, -0.05) is 121 Å². The van der Waals surface area contributed by atoms with Gasteiger partial charge in [0.05, 0.1) is 33.3 Å². The highest BCUT2D eigenvalue weighted by molar-refractivity contribution is 5.93. The lowest BCUT2D eigenvalue weighted by atomic mass is 9.79. The zero-order chi connectivity index (χ0) is 39.6. The average Bonchev–Trinajstić information content (AvgIpc) is 3.97. The third-order valence-corrected chi connectivity index (χ3v) is 11.0. The number of para-hydroxylation sites is 1. The van der Waals surface area contributed by atoms with Crippen molar-refractivity contribution in [3.8, 4) is 22.6 Å². The molecule has 1 saturated heterocycles. The van der Waals surface area contributed by atoms with E-state index in [4.69, 9.17) is 23.7 Å². The predicted molar refractivity (Wildman–Crippen MR) is 217 cm³/mol. The molecule has 0 bridgehead atoms. The van der Waals surface area contributed by atoms with E-state index in [2.05, 4.69) is 44.5 Å². The van der Waals surface area contributed by atoms with Crippen molar-refractivity contribution < 1.29 is 33.6 Å². The Morgan fingerprint density at radius 2 is 1.45 bits per heavy atom. The highest BCUT2D eigenvalue weighted by Crippen LogP contribution is 2.48. The number of methoxy groups -OCH3 is 2. The van der Waals surface area contributed by atoms with Crippen molar-refractivity contribution in [2.75, 3.05) is 32.8 Å². The van der Waals surface area contributed by atoms with E-state index in [9.17, 15) is 9.90 Å². The Morgan fingerprint density at radius 3 is 2.10 bits per heavy atom. The molecular weight excluding hydrogens is 735 g/mol. The molecular formula is C46H41N5O7. The number of aromatic nitrogens is 4. The molecule has 2 aromatic heterocycles. The molecule has 0 radical (unpaired) electrons. The van der Waals surface area contributed by atoms with E-state index in [1.54, 1.807) is 25.1 Å². The number of aliphatic hydroxyl groups excluding tert-OH is 1. The SMILES string of the molecule is COc1cccc(C(OC[C@H]2O[C@@H](n3cnc4c(NC(=O)OCC5c6ccccc6-c6ccccc65)ncnc43)C[C@@H]2O)(c2ccccc2)c2ccccc2)c1OC. The molecule has 12 heteroatoms. The number of nitrogens with one attached hydrogen (secondary N) is 1. The van der Waals surface area contributed by atoms with Gasteiger partial charge in [-0.25, -0.2) is 19.7 Å². The van der Waals surface area contributed by atoms with Gasteiger partial charge in [-0.2, -0.15) is 0 Å². The molecule has 12 nitrogen and oxygen atoms in total. The molecule has 3 atom stereocenters. The van der Waals surface area contributed by atoms with E-state index in [0.29, 0.717) is 22.7 Å². The summed E-state index contributed by atoms with van der Waals surface area (Å²) in [5, 5.41) is 14.2. The number of carbonyl (C=O) groups excluding carboxylic acids is 1. The second-order valence-corrected chi connectivity index (χ2v) is 14.2. The lowest BCUT2D eigenvalue weighted by Gasteiger charge is -2.38. The fourth-order valence-corrected chi connectivity index (χ4v) is 8.36. The maximum Gasteiger partial charge on any atom is 0.412 e. The first-order chi connectivity index (χ1) is 28.5. The number of fused-ring (bicyclic) bond motifs is 4.